The van der Waals surface area contributed by atoms with Gasteiger partial charge >= 0.3 is 0 Å². The maximum atomic E-state index is 12.0. The van der Waals surface area contributed by atoms with E-state index in [1.165, 1.54) is 18.0 Å². The molecule has 3 N–H and O–H groups in total. The van der Waals surface area contributed by atoms with Crippen LogP contribution in [-0.4, -0.2) is 19.9 Å². The molecule has 1 atom stereocenters. The van der Waals surface area contributed by atoms with Crippen LogP contribution in [-0.2, 0) is 10.0 Å². The van der Waals surface area contributed by atoms with Gasteiger partial charge in [0.25, 0.3) is 0 Å². The summed E-state index contributed by atoms with van der Waals surface area (Å²) in [5.41, 5.74) is 6.30. The normalized spacial score (nSPS) is 13.2. The maximum Gasteiger partial charge on any atom is 0.213 e. The number of nitrogens with two attached hydrogens (primary N) is 1. The largest absolute Gasteiger partial charge is 0.468 e. The number of hydrogen-bond donors (Lipinski definition) is 2. The van der Waals surface area contributed by atoms with E-state index in [0.29, 0.717) is 17.2 Å². The second-order valence-electron chi connectivity index (χ2n) is 4.59. The van der Waals surface area contributed by atoms with Gasteiger partial charge in [-0.05, 0) is 43.3 Å². The molecule has 1 aromatic carbocycles. The van der Waals surface area contributed by atoms with E-state index < -0.39 is 10.0 Å². The second-order valence-corrected chi connectivity index (χ2v) is 7.63. The third-order valence-corrected chi connectivity index (χ3v) is 5.55. The molecule has 0 saturated carbocycles. The summed E-state index contributed by atoms with van der Waals surface area (Å²) >= 11 is 1.48. The Bertz CT molecular complexity index is 652. The van der Waals surface area contributed by atoms with Crippen molar-refractivity contribution in [3.8, 4) is 0 Å². The molecule has 1 unspecified atom stereocenters. The first-order valence-corrected chi connectivity index (χ1v) is 9.12. The Kier molecular flexibility index (Phi) is 5.33. The van der Waals surface area contributed by atoms with Crippen molar-refractivity contribution in [3.05, 3.63) is 48.4 Å². The number of hydrogen-bond acceptors (Lipinski definition) is 5. The highest BCUT2D eigenvalue weighted by atomic mass is 32.2. The lowest BCUT2D eigenvalue weighted by Gasteiger charge is -2.11. The standard InChI is InChI=1S/C14H18N2O3S2/c1-11(14-3-2-8-19-14)16-21(17,18)10-9-20-13-6-4-12(15)5-7-13/h2-8,11,16H,9-10,15H2,1H3. The SMILES string of the molecule is CC(NS(=O)(=O)CCSc1ccc(N)cc1)c1ccco1. The summed E-state index contributed by atoms with van der Waals surface area (Å²) in [6.07, 6.45) is 1.52. The van der Waals surface area contributed by atoms with Gasteiger partial charge in [0.05, 0.1) is 18.1 Å². The number of nitrogens with one attached hydrogen (secondary N) is 1. The van der Waals surface area contributed by atoms with Crippen LogP contribution in [0.3, 0.4) is 0 Å². The van der Waals surface area contributed by atoms with Crippen molar-refractivity contribution in [1.82, 2.24) is 4.72 Å². The highest BCUT2D eigenvalue weighted by molar-refractivity contribution is 8.00. The van der Waals surface area contributed by atoms with Crippen LogP contribution in [0.2, 0.25) is 0 Å². The fourth-order valence-electron chi connectivity index (χ4n) is 1.76. The van der Waals surface area contributed by atoms with Crippen molar-refractivity contribution >= 4 is 27.5 Å². The summed E-state index contributed by atoms with van der Waals surface area (Å²) in [5.74, 6) is 1.13. The van der Waals surface area contributed by atoms with Gasteiger partial charge in [-0.3, -0.25) is 0 Å². The van der Waals surface area contributed by atoms with Gasteiger partial charge in [-0.15, -0.1) is 11.8 Å². The van der Waals surface area contributed by atoms with Crippen molar-refractivity contribution in [2.75, 3.05) is 17.2 Å². The first-order valence-electron chi connectivity index (χ1n) is 6.48. The third kappa shape index (κ3) is 5.11. The lowest BCUT2D eigenvalue weighted by atomic mass is 10.3. The lowest BCUT2D eigenvalue weighted by molar-refractivity contribution is 0.459. The Labute approximate surface area is 129 Å². The number of thioether (sulfide) groups is 1. The zero-order chi connectivity index (χ0) is 15.3. The van der Waals surface area contributed by atoms with Gasteiger partial charge in [0.1, 0.15) is 5.76 Å². The Morgan fingerprint density at radius 3 is 2.62 bits per heavy atom. The van der Waals surface area contributed by atoms with Gasteiger partial charge in [-0.1, -0.05) is 0 Å². The average molecular weight is 326 g/mol. The van der Waals surface area contributed by atoms with Gasteiger partial charge in [0.15, 0.2) is 0 Å². The molecule has 0 aliphatic carbocycles. The van der Waals surface area contributed by atoms with Gasteiger partial charge < -0.3 is 10.2 Å². The number of rotatable bonds is 7. The molecule has 0 aliphatic heterocycles. The minimum atomic E-state index is -3.34. The van der Waals surface area contributed by atoms with E-state index in [1.54, 1.807) is 31.2 Å². The Morgan fingerprint density at radius 1 is 1.29 bits per heavy atom. The predicted octanol–water partition coefficient (Wildman–Crippen LogP) is 2.63. The molecule has 1 aromatic heterocycles. The Balaban J connectivity index is 1.82. The molecule has 0 fully saturated rings. The molecule has 21 heavy (non-hydrogen) atoms. The number of anilines is 1. The molecule has 5 nitrogen and oxygen atoms in total. The third-order valence-electron chi connectivity index (χ3n) is 2.83. The second kappa shape index (κ2) is 7.02. The van der Waals surface area contributed by atoms with Crippen LogP contribution in [0.1, 0.15) is 18.7 Å². The quantitative estimate of drug-likeness (QED) is 0.603. The van der Waals surface area contributed by atoms with Gasteiger partial charge in [-0.25, -0.2) is 13.1 Å². The molecular formula is C14H18N2O3S2. The van der Waals surface area contributed by atoms with Crippen LogP contribution >= 0.6 is 11.8 Å². The molecular weight excluding hydrogens is 308 g/mol. The molecule has 0 bridgehead atoms. The highest BCUT2D eigenvalue weighted by Crippen LogP contribution is 2.20. The fourth-order valence-corrected chi connectivity index (χ4v) is 4.31. The topological polar surface area (TPSA) is 85.3 Å². The summed E-state index contributed by atoms with van der Waals surface area (Å²) in [6.45, 7) is 1.75. The predicted molar refractivity (Wildman–Crippen MR) is 85.6 cm³/mol. The zero-order valence-corrected chi connectivity index (χ0v) is 13.3. The van der Waals surface area contributed by atoms with Crippen LogP contribution in [0.25, 0.3) is 0 Å². The molecule has 2 rings (SSSR count). The van der Waals surface area contributed by atoms with E-state index >= 15 is 0 Å². The zero-order valence-electron chi connectivity index (χ0n) is 11.7. The molecule has 0 spiro atoms. The first-order chi connectivity index (χ1) is 9.96. The number of sulfonamides is 1. The number of nitrogen functional groups attached to an aromatic ring is 1. The Morgan fingerprint density at radius 2 is 2.00 bits per heavy atom. The highest BCUT2D eigenvalue weighted by Gasteiger charge is 2.17. The van der Waals surface area contributed by atoms with Crippen LogP contribution in [0.4, 0.5) is 5.69 Å². The summed E-state index contributed by atoms with van der Waals surface area (Å²) in [5, 5.41) is 0. The van der Waals surface area contributed by atoms with E-state index in [0.717, 1.165) is 4.90 Å². The van der Waals surface area contributed by atoms with Crippen molar-refractivity contribution in [2.24, 2.45) is 0 Å². The van der Waals surface area contributed by atoms with Crippen molar-refractivity contribution in [2.45, 2.75) is 17.9 Å². The molecule has 7 heteroatoms. The smallest absolute Gasteiger partial charge is 0.213 e. The van der Waals surface area contributed by atoms with Crippen molar-refractivity contribution in [3.63, 3.8) is 0 Å². The minimum Gasteiger partial charge on any atom is -0.468 e. The van der Waals surface area contributed by atoms with E-state index in [9.17, 15) is 8.42 Å². The molecule has 114 valence electrons. The van der Waals surface area contributed by atoms with Crippen LogP contribution in [0.5, 0.6) is 0 Å². The van der Waals surface area contributed by atoms with E-state index in [4.69, 9.17) is 10.2 Å². The van der Waals surface area contributed by atoms with Crippen LogP contribution in [0, 0.1) is 0 Å². The van der Waals surface area contributed by atoms with Crippen molar-refractivity contribution in [1.29, 1.82) is 0 Å². The Hall–Kier alpha value is -1.44. The molecule has 2 aromatic rings. The van der Waals surface area contributed by atoms with Gasteiger partial charge in [0.2, 0.25) is 10.0 Å². The maximum absolute atomic E-state index is 12.0. The van der Waals surface area contributed by atoms with E-state index in [1.807, 2.05) is 12.1 Å². The number of furan rings is 1. The molecule has 0 aliphatic rings. The summed E-state index contributed by atoms with van der Waals surface area (Å²) in [4.78, 5) is 0.999. The first kappa shape index (κ1) is 15.9. The minimum absolute atomic E-state index is 0.0487. The summed E-state index contributed by atoms with van der Waals surface area (Å²) in [6, 6.07) is 10.5. The van der Waals surface area contributed by atoms with Crippen molar-refractivity contribution < 1.29 is 12.8 Å². The summed E-state index contributed by atoms with van der Waals surface area (Å²) in [7, 11) is -3.34. The van der Waals surface area contributed by atoms with E-state index in [2.05, 4.69) is 4.72 Å². The van der Waals surface area contributed by atoms with Crippen LogP contribution in [0.15, 0.2) is 52.0 Å². The average Bonchev–Trinajstić information content (AvgIpc) is 2.94. The molecule has 1 heterocycles. The monoisotopic (exact) mass is 326 g/mol. The van der Waals surface area contributed by atoms with Gasteiger partial charge in [-0.2, -0.15) is 0 Å². The fraction of sp³-hybridized carbons (Fsp3) is 0.286. The molecule has 0 radical (unpaired) electrons. The number of benzene rings is 1. The molecule has 0 saturated heterocycles. The van der Waals surface area contributed by atoms with E-state index in [-0.39, 0.29) is 11.8 Å². The molecule has 0 amide bonds. The lowest BCUT2D eigenvalue weighted by Crippen LogP contribution is -2.29. The van der Waals surface area contributed by atoms with Gasteiger partial charge in [0, 0.05) is 16.3 Å². The van der Waals surface area contributed by atoms with Crippen LogP contribution < -0.4 is 10.5 Å². The summed E-state index contributed by atoms with van der Waals surface area (Å²) < 4.78 is 31.8.